The lowest BCUT2D eigenvalue weighted by Gasteiger charge is -2.10. The van der Waals surface area contributed by atoms with Gasteiger partial charge in [-0.2, -0.15) is 0 Å². The molecule has 1 unspecified atom stereocenters. The molecule has 0 spiro atoms. The van der Waals surface area contributed by atoms with Crippen molar-refractivity contribution >= 4 is 5.91 Å². The monoisotopic (exact) mass is 236 g/mol. The van der Waals surface area contributed by atoms with Crippen LogP contribution in [0, 0.1) is 5.92 Å². The van der Waals surface area contributed by atoms with Gasteiger partial charge in [-0.1, -0.05) is 0 Å². The Labute approximate surface area is 101 Å². The summed E-state index contributed by atoms with van der Waals surface area (Å²) in [5, 5.41) is 2.90. The van der Waals surface area contributed by atoms with Gasteiger partial charge in [0.05, 0.1) is 0 Å². The Morgan fingerprint density at radius 1 is 1.65 bits per heavy atom. The van der Waals surface area contributed by atoms with Crippen LogP contribution in [-0.2, 0) is 11.2 Å². The molecule has 0 aliphatic heterocycles. The predicted octanol–water partition coefficient (Wildman–Crippen LogP) is 0.586. The highest BCUT2D eigenvalue weighted by molar-refractivity contribution is 5.76. The number of nitrogens with two attached hydrogens (primary N) is 1. The summed E-state index contributed by atoms with van der Waals surface area (Å²) in [5.74, 6) is 1.63. The molecule has 1 aliphatic rings. The van der Waals surface area contributed by atoms with Crippen molar-refractivity contribution in [2.24, 2.45) is 11.7 Å². The van der Waals surface area contributed by atoms with Crippen molar-refractivity contribution in [1.29, 1.82) is 0 Å². The van der Waals surface area contributed by atoms with Gasteiger partial charge in [-0.05, 0) is 25.2 Å². The molecule has 2 rings (SSSR count). The molecular weight excluding hydrogens is 216 g/mol. The normalized spacial score (nSPS) is 16.8. The van der Waals surface area contributed by atoms with E-state index < -0.39 is 0 Å². The average molecular weight is 236 g/mol. The zero-order chi connectivity index (χ0) is 12.1. The van der Waals surface area contributed by atoms with Gasteiger partial charge in [0.1, 0.15) is 5.82 Å². The minimum absolute atomic E-state index is 0.0556. The average Bonchev–Trinajstić information content (AvgIpc) is 3.03. The van der Waals surface area contributed by atoms with Crippen LogP contribution in [0.15, 0.2) is 12.4 Å². The Morgan fingerprint density at radius 3 is 3.12 bits per heavy atom. The number of hydrogen-bond donors (Lipinski definition) is 3. The SMILES string of the molecule is NC(CC(=O)NCCCc1ncc[nH]1)C1CC1. The third-order valence-electron chi connectivity index (χ3n) is 3.12. The first-order valence-corrected chi connectivity index (χ1v) is 6.26. The smallest absolute Gasteiger partial charge is 0.221 e. The van der Waals surface area contributed by atoms with Crippen LogP contribution in [0.25, 0.3) is 0 Å². The van der Waals surface area contributed by atoms with E-state index in [1.54, 1.807) is 6.20 Å². The van der Waals surface area contributed by atoms with Gasteiger partial charge in [-0.3, -0.25) is 4.79 Å². The summed E-state index contributed by atoms with van der Waals surface area (Å²) in [5.41, 5.74) is 5.89. The molecule has 1 aliphatic carbocycles. The van der Waals surface area contributed by atoms with E-state index in [0.29, 0.717) is 18.9 Å². The third-order valence-corrected chi connectivity index (χ3v) is 3.12. The lowest BCUT2D eigenvalue weighted by atomic mass is 10.1. The molecule has 1 aromatic heterocycles. The molecule has 1 aromatic rings. The number of nitrogens with zero attached hydrogens (tertiary/aromatic N) is 1. The highest BCUT2D eigenvalue weighted by atomic mass is 16.1. The summed E-state index contributed by atoms with van der Waals surface area (Å²) >= 11 is 0. The zero-order valence-electron chi connectivity index (χ0n) is 9.98. The lowest BCUT2D eigenvalue weighted by molar-refractivity contribution is -0.121. The van der Waals surface area contributed by atoms with Crippen molar-refractivity contribution in [3.8, 4) is 0 Å². The third kappa shape index (κ3) is 4.19. The minimum Gasteiger partial charge on any atom is -0.356 e. The summed E-state index contributed by atoms with van der Waals surface area (Å²) in [6.07, 6.45) is 8.15. The minimum atomic E-state index is 0.0556. The number of amides is 1. The zero-order valence-corrected chi connectivity index (χ0v) is 9.98. The standard InChI is InChI=1S/C12H20N4O/c13-10(9-3-4-9)8-12(17)16-5-1-2-11-14-6-7-15-11/h6-7,9-10H,1-5,8,13H2,(H,14,15)(H,16,17). The van der Waals surface area contributed by atoms with E-state index in [-0.39, 0.29) is 11.9 Å². The summed E-state index contributed by atoms with van der Waals surface area (Å²) in [7, 11) is 0. The molecule has 5 nitrogen and oxygen atoms in total. The van der Waals surface area contributed by atoms with E-state index >= 15 is 0 Å². The number of aryl methyl sites for hydroxylation is 1. The number of imidazole rings is 1. The van der Waals surface area contributed by atoms with E-state index in [2.05, 4.69) is 15.3 Å². The van der Waals surface area contributed by atoms with E-state index in [1.165, 1.54) is 12.8 Å². The molecule has 94 valence electrons. The fourth-order valence-electron chi connectivity index (χ4n) is 1.90. The topological polar surface area (TPSA) is 83.8 Å². The Hall–Kier alpha value is -1.36. The molecule has 4 N–H and O–H groups in total. The van der Waals surface area contributed by atoms with Gasteiger partial charge in [0.15, 0.2) is 0 Å². The van der Waals surface area contributed by atoms with Gasteiger partial charge < -0.3 is 16.0 Å². The van der Waals surface area contributed by atoms with Crippen molar-refractivity contribution in [2.45, 2.75) is 38.1 Å². The van der Waals surface area contributed by atoms with Crippen LogP contribution >= 0.6 is 0 Å². The molecule has 1 heterocycles. The molecule has 1 amide bonds. The van der Waals surface area contributed by atoms with Crippen LogP contribution < -0.4 is 11.1 Å². The maximum Gasteiger partial charge on any atom is 0.221 e. The van der Waals surface area contributed by atoms with E-state index in [9.17, 15) is 4.79 Å². The number of carbonyl (C=O) groups excluding carboxylic acids is 1. The van der Waals surface area contributed by atoms with Gasteiger partial charge in [0, 0.05) is 37.8 Å². The molecule has 5 heteroatoms. The van der Waals surface area contributed by atoms with Crippen LogP contribution in [0.5, 0.6) is 0 Å². The summed E-state index contributed by atoms with van der Waals surface area (Å²) < 4.78 is 0. The number of carbonyl (C=O) groups is 1. The summed E-state index contributed by atoms with van der Waals surface area (Å²) in [6.45, 7) is 0.691. The first-order chi connectivity index (χ1) is 8.25. The van der Waals surface area contributed by atoms with Crippen molar-refractivity contribution in [3.63, 3.8) is 0 Å². The van der Waals surface area contributed by atoms with Gasteiger partial charge in [-0.15, -0.1) is 0 Å². The Bertz CT molecular complexity index is 345. The number of aromatic amines is 1. The lowest BCUT2D eigenvalue weighted by Crippen LogP contribution is -2.33. The molecule has 0 radical (unpaired) electrons. The van der Waals surface area contributed by atoms with Crippen LogP contribution in [0.4, 0.5) is 0 Å². The number of H-pyrrole nitrogens is 1. The fourth-order valence-corrected chi connectivity index (χ4v) is 1.90. The number of aromatic nitrogens is 2. The van der Waals surface area contributed by atoms with Crippen LogP contribution in [0.3, 0.4) is 0 Å². The largest absolute Gasteiger partial charge is 0.356 e. The number of rotatable bonds is 7. The van der Waals surface area contributed by atoms with Gasteiger partial charge in [0.2, 0.25) is 5.91 Å². The Balaban J connectivity index is 1.53. The first-order valence-electron chi connectivity index (χ1n) is 6.26. The molecule has 1 atom stereocenters. The number of nitrogens with one attached hydrogen (secondary N) is 2. The molecule has 0 saturated heterocycles. The Kier molecular flexibility index (Phi) is 4.14. The molecule has 17 heavy (non-hydrogen) atoms. The van der Waals surface area contributed by atoms with E-state index in [4.69, 9.17) is 5.73 Å². The maximum absolute atomic E-state index is 11.5. The molecule has 1 saturated carbocycles. The van der Waals surface area contributed by atoms with Crippen LogP contribution in [-0.4, -0.2) is 28.5 Å². The van der Waals surface area contributed by atoms with Crippen molar-refractivity contribution < 1.29 is 4.79 Å². The van der Waals surface area contributed by atoms with E-state index in [1.807, 2.05) is 6.20 Å². The Morgan fingerprint density at radius 2 is 2.47 bits per heavy atom. The molecule has 0 aromatic carbocycles. The molecule has 0 bridgehead atoms. The highest BCUT2D eigenvalue weighted by Gasteiger charge is 2.29. The second kappa shape index (κ2) is 5.82. The van der Waals surface area contributed by atoms with Crippen molar-refractivity contribution in [2.75, 3.05) is 6.54 Å². The fraction of sp³-hybridized carbons (Fsp3) is 0.667. The quantitative estimate of drug-likeness (QED) is 0.606. The maximum atomic E-state index is 11.5. The first kappa shape index (κ1) is 12.1. The van der Waals surface area contributed by atoms with E-state index in [0.717, 1.165) is 18.7 Å². The van der Waals surface area contributed by atoms with Gasteiger partial charge in [0.25, 0.3) is 0 Å². The second-order valence-electron chi connectivity index (χ2n) is 4.69. The van der Waals surface area contributed by atoms with Crippen molar-refractivity contribution in [1.82, 2.24) is 15.3 Å². The molecule has 1 fully saturated rings. The summed E-state index contributed by atoms with van der Waals surface area (Å²) in [6, 6.07) is 0.0556. The highest BCUT2D eigenvalue weighted by Crippen LogP contribution is 2.32. The van der Waals surface area contributed by atoms with Crippen LogP contribution in [0.2, 0.25) is 0 Å². The van der Waals surface area contributed by atoms with Crippen LogP contribution in [0.1, 0.15) is 31.5 Å². The second-order valence-corrected chi connectivity index (χ2v) is 4.69. The summed E-state index contributed by atoms with van der Waals surface area (Å²) in [4.78, 5) is 18.7. The van der Waals surface area contributed by atoms with Crippen molar-refractivity contribution in [3.05, 3.63) is 18.2 Å². The van der Waals surface area contributed by atoms with Gasteiger partial charge in [-0.25, -0.2) is 4.98 Å². The number of hydrogen-bond acceptors (Lipinski definition) is 3. The van der Waals surface area contributed by atoms with Gasteiger partial charge >= 0.3 is 0 Å². The molecular formula is C12H20N4O. The predicted molar refractivity (Wildman–Crippen MR) is 65.2 cm³/mol.